The molecule has 0 spiro atoms. The van der Waals surface area contributed by atoms with E-state index in [2.05, 4.69) is 5.32 Å². The van der Waals surface area contributed by atoms with Crippen molar-refractivity contribution in [3.8, 4) is 16.9 Å². The third-order valence-corrected chi connectivity index (χ3v) is 4.06. The largest absolute Gasteiger partial charge is 0.497 e. The lowest BCUT2D eigenvalue weighted by atomic mass is 10.0. The Morgan fingerprint density at radius 3 is 2.76 bits per heavy atom. The van der Waals surface area contributed by atoms with Crippen LogP contribution in [0.4, 0.5) is 5.88 Å². The van der Waals surface area contributed by atoms with Gasteiger partial charge in [0.2, 0.25) is 17.2 Å². The molecule has 1 N–H and O–H groups in total. The number of carbonyl (C=O) groups is 1. The summed E-state index contributed by atoms with van der Waals surface area (Å²) in [6, 6.07) is 11.6. The van der Waals surface area contributed by atoms with Gasteiger partial charge in [0, 0.05) is 5.02 Å². The van der Waals surface area contributed by atoms with Gasteiger partial charge in [-0.25, -0.2) is 0 Å². The zero-order chi connectivity index (χ0) is 18.0. The maximum absolute atomic E-state index is 13.0. The molecule has 0 unspecified atom stereocenters. The van der Waals surface area contributed by atoms with Crippen LogP contribution in [0.5, 0.6) is 5.75 Å². The van der Waals surface area contributed by atoms with Gasteiger partial charge in [-0.1, -0.05) is 23.7 Å². The lowest BCUT2D eigenvalue weighted by molar-refractivity contribution is -0.114. The molecule has 0 fully saturated rings. The minimum absolute atomic E-state index is 0.0266. The summed E-state index contributed by atoms with van der Waals surface area (Å²) >= 11 is 11.6. The highest BCUT2D eigenvalue weighted by molar-refractivity contribution is 6.31. The van der Waals surface area contributed by atoms with Crippen LogP contribution in [0, 0.1) is 0 Å². The predicted octanol–water partition coefficient (Wildman–Crippen LogP) is 4.30. The van der Waals surface area contributed by atoms with E-state index in [1.165, 1.54) is 13.2 Å². The third-order valence-electron chi connectivity index (χ3n) is 3.59. The molecular formula is C18H13Cl2NO4. The molecule has 7 heteroatoms. The first-order chi connectivity index (χ1) is 12.0. The number of methoxy groups -OCH3 is 1. The van der Waals surface area contributed by atoms with Gasteiger partial charge in [-0.05, 0) is 35.9 Å². The van der Waals surface area contributed by atoms with E-state index < -0.39 is 5.91 Å². The van der Waals surface area contributed by atoms with Crippen LogP contribution in [-0.2, 0) is 4.79 Å². The first-order valence-electron chi connectivity index (χ1n) is 7.30. The van der Waals surface area contributed by atoms with Crippen LogP contribution < -0.4 is 15.5 Å². The van der Waals surface area contributed by atoms with Crippen LogP contribution in [0.1, 0.15) is 0 Å². The van der Waals surface area contributed by atoms with Gasteiger partial charge >= 0.3 is 0 Å². The Kier molecular flexibility index (Phi) is 4.97. The average molecular weight is 378 g/mol. The number of anilines is 1. The molecule has 128 valence electrons. The third kappa shape index (κ3) is 3.48. The molecule has 1 amide bonds. The number of nitrogens with one attached hydrogen (secondary N) is 1. The van der Waals surface area contributed by atoms with E-state index in [0.717, 1.165) is 0 Å². The van der Waals surface area contributed by atoms with E-state index >= 15 is 0 Å². The minimum Gasteiger partial charge on any atom is -0.497 e. The topological polar surface area (TPSA) is 68.5 Å². The van der Waals surface area contributed by atoms with Gasteiger partial charge in [0.1, 0.15) is 17.2 Å². The first kappa shape index (κ1) is 17.3. The van der Waals surface area contributed by atoms with Crippen molar-refractivity contribution in [2.45, 2.75) is 0 Å². The van der Waals surface area contributed by atoms with E-state index in [4.69, 9.17) is 32.4 Å². The van der Waals surface area contributed by atoms with Crippen molar-refractivity contribution in [3.63, 3.8) is 0 Å². The van der Waals surface area contributed by atoms with Crippen molar-refractivity contribution in [2.75, 3.05) is 18.3 Å². The molecule has 0 aliphatic heterocycles. The Morgan fingerprint density at radius 1 is 1.24 bits per heavy atom. The number of hydrogen-bond acceptors (Lipinski definition) is 4. The molecule has 2 aromatic carbocycles. The molecule has 0 saturated heterocycles. The highest BCUT2D eigenvalue weighted by Gasteiger charge is 2.18. The second kappa shape index (κ2) is 7.17. The summed E-state index contributed by atoms with van der Waals surface area (Å²) in [4.78, 5) is 24.8. The van der Waals surface area contributed by atoms with E-state index in [1.54, 1.807) is 36.4 Å². The average Bonchev–Trinajstić information content (AvgIpc) is 2.62. The number of hydrogen-bond donors (Lipinski definition) is 1. The molecule has 3 aromatic rings. The molecule has 1 heterocycles. The SMILES string of the molecule is COc1cccc(-c2c(NC(=O)CCl)oc3ccc(Cl)cc3c2=O)c1. The lowest BCUT2D eigenvalue weighted by Crippen LogP contribution is -2.17. The van der Waals surface area contributed by atoms with E-state index in [9.17, 15) is 9.59 Å². The van der Waals surface area contributed by atoms with Crippen molar-refractivity contribution in [1.82, 2.24) is 0 Å². The summed E-state index contributed by atoms with van der Waals surface area (Å²) in [6.45, 7) is 0. The van der Waals surface area contributed by atoms with Crippen LogP contribution >= 0.6 is 23.2 Å². The summed E-state index contributed by atoms with van der Waals surface area (Å²) in [6.07, 6.45) is 0. The highest BCUT2D eigenvalue weighted by Crippen LogP contribution is 2.31. The lowest BCUT2D eigenvalue weighted by Gasteiger charge is -2.11. The van der Waals surface area contributed by atoms with Crippen molar-refractivity contribution in [2.24, 2.45) is 0 Å². The Hall–Kier alpha value is -2.50. The maximum Gasteiger partial charge on any atom is 0.241 e. The summed E-state index contributed by atoms with van der Waals surface area (Å²) in [5.74, 6) is -0.154. The van der Waals surface area contributed by atoms with Crippen LogP contribution in [0.3, 0.4) is 0 Å². The second-order valence-electron chi connectivity index (χ2n) is 5.19. The zero-order valence-electron chi connectivity index (χ0n) is 13.1. The van der Waals surface area contributed by atoms with Crippen LogP contribution in [0.2, 0.25) is 5.02 Å². The van der Waals surface area contributed by atoms with E-state index in [1.807, 2.05) is 0 Å². The van der Waals surface area contributed by atoms with Gasteiger partial charge in [-0.2, -0.15) is 0 Å². The van der Waals surface area contributed by atoms with Gasteiger partial charge in [0.25, 0.3) is 0 Å². The molecule has 0 aliphatic rings. The van der Waals surface area contributed by atoms with Gasteiger partial charge < -0.3 is 9.15 Å². The fraction of sp³-hybridized carbons (Fsp3) is 0.111. The van der Waals surface area contributed by atoms with Crippen molar-refractivity contribution in [1.29, 1.82) is 0 Å². The Bertz CT molecular complexity index is 1010. The number of alkyl halides is 1. The Labute approximate surface area is 153 Å². The monoisotopic (exact) mass is 377 g/mol. The second-order valence-corrected chi connectivity index (χ2v) is 5.89. The quantitative estimate of drug-likeness (QED) is 0.688. The predicted molar refractivity (Wildman–Crippen MR) is 98.8 cm³/mol. The van der Waals surface area contributed by atoms with E-state index in [-0.39, 0.29) is 22.8 Å². The van der Waals surface area contributed by atoms with Gasteiger partial charge in [-0.3, -0.25) is 14.9 Å². The van der Waals surface area contributed by atoms with Crippen LogP contribution in [0.25, 0.3) is 22.1 Å². The van der Waals surface area contributed by atoms with Crippen LogP contribution in [0.15, 0.2) is 51.7 Å². The van der Waals surface area contributed by atoms with Gasteiger partial charge in [0.05, 0.1) is 18.1 Å². The fourth-order valence-electron chi connectivity index (χ4n) is 2.46. The van der Waals surface area contributed by atoms with Crippen molar-refractivity contribution >= 4 is 46.0 Å². The standard InChI is InChI=1S/C18H13Cl2NO4/c1-24-12-4-2-3-10(7-12)16-17(23)13-8-11(20)5-6-14(13)25-18(16)21-15(22)9-19/h2-8H,9H2,1H3,(H,21,22). The smallest absolute Gasteiger partial charge is 0.241 e. The Morgan fingerprint density at radius 2 is 2.04 bits per heavy atom. The molecule has 0 bridgehead atoms. The number of halogens is 2. The van der Waals surface area contributed by atoms with Crippen molar-refractivity contribution in [3.05, 3.63) is 57.7 Å². The normalized spacial score (nSPS) is 10.7. The molecular weight excluding hydrogens is 365 g/mol. The summed E-state index contributed by atoms with van der Waals surface area (Å²) in [5.41, 5.74) is 0.736. The van der Waals surface area contributed by atoms with E-state index in [0.29, 0.717) is 27.3 Å². The maximum atomic E-state index is 13.0. The molecule has 25 heavy (non-hydrogen) atoms. The minimum atomic E-state index is -0.484. The number of amides is 1. The van der Waals surface area contributed by atoms with Gasteiger partial charge in [0.15, 0.2) is 0 Å². The Balaban J connectivity index is 2.32. The fourth-order valence-corrected chi connectivity index (χ4v) is 2.70. The van der Waals surface area contributed by atoms with Crippen LogP contribution in [-0.4, -0.2) is 18.9 Å². The van der Waals surface area contributed by atoms with Crippen molar-refractivity contribution < 1.29 is 13.9 Å². The summed E-state index contributed by atoms with van der Waals surface area (Å²) < 4.78 is 10.9. The molecule has 0 saturated carbocycles. The number of benzene rings is 2. The molecule has 0 radical (unpaired) electrons. The number of ether oxygens (including phenoxy) is 1. The van der Waals surface area contributed by atoms with Gasteiger partial charge in [-0.15, -0.1) is 11.6 Å². The number of carbonyl (C=O) groups excluding carboxylic acids is 1. The number of fused-ring (bicyclic) bond motifs is 1. The first-order valence-corrected chi connectivity index (χ1v) is 8.21. The molecule has 0 aliphatic carbocycles. The zero-order valence-corrected chi connectivity index (χ0v) is 14.6. The molecule has 3 rings (SSSR count). The summed E-state index contributed by atoms with van der Waals surface area (Å²) in [5, 5.41) is 3.26. The molecule has 0 atom stereocenters. The molecule has 5 nitrogen and oxygen atoms in total. The molecule has 1 aromatic heterocycles. The number of rotatable bonds is 4. The highest BCUT2D eigenvalue weighted by atomic mass is 35.5. The summed E-state index contributed by atoms with van der Waals surface area (Å²) in [7, 11) is 1.53.